The number of Topliss-reactive ketones (excluding diaryl/α,β-unsaturated/α-hetero) is 1. The van der Waals surface area contributed by atoms with Crippen LogP contribution in [0.1, 0.15) is 60.6 Å². The first kappa shape index (κ1) is 21.6. The number of rotatable bonds is 8. The normalized spacial score (nSPS) is 16.1. The number of carbonyl (C=O) groups is 3. The molecule has 3 rings (SSSR count). The van der Waals surface area contributed by atoms with Gasteiger partial charge in [-0.2, -0.15) is 0 Å². The largest absolute Gasteiger partial charge is 0.482 e. The van der Waals surface area contributed by atoms with Crippen LogP contribution in [-0.2, 0) is 20.7 Å². The van der Waals surface area contributed by atoms with Gasteiger partial charge < -0.3 is 14.8 Å². The van der Waals surface area contributed by atoms with Crippen LogP contribution >= 0.6 is 0 Å². The molecule has 0 saturated carbocycles. The second-order valence-electron chi connectivity index (χ2n) is 7.37. The Morgan fingerprint density at radius 1 is 1.10 bits per heavy atom. The second kappa shape index (κ2) is 10.1. The van der Waals surface area contributed by atoms with Crippen molar-refractivity contribution in [3.63, 3.8) is 0 Å². The van der Waals surface area contributed by atoms with Gasteiger partial charge in [-0.1, -0.05) is 31.2 Å². The molecule has 0 heterocycles. The van der Waals surface area contributed by atoms with E-state index in [0.29, 0.717) is 17.7 Å². The molecule has 2 atom stereocenters. The Kier molecular flexibility index (Phi) is 7.22. The highest BCUT2D eigenvalue weighted by molar-refractivity contribution is 5.95. The smallest absolute Gasteiger partial charge is 0.344 e. The number of carbonyl (C=O) groups excluding carboxylic acids is 3. The van der Waals surface area contributed by atoms with Gasteiger partial charge in [-0.3, -0.25) is 9.59 Å². The van der Waals surface area contributed by atoms with Gasteiger partial charge in [-0.05, 0) is 61.6 Å². The molecule has 0 fully saturated rings. The van der Waals surface area contributed by atoms with Gasteiger partial charge >= 0.3 is 5.97 Å². The minimum atomic E-state index is -0.917. The summed E-state index contributed by atoms with van der Waals surface area (Å²) >= 11 is 0. The molecule has 0 radical (unpaired) electrons. The van der Waals surface area contributed by atoms with Crippen LogP contribution in [0, 0.1) is 0 Å². The Bertz CT molecular complexity index is 906. The zero-order valence-electron chi connectivity index (χ0n) is 17.4. The standard InChI is InChI=1S/C24H27NO5/c1-3-22(26)18-11-13-19(14-12-18)29-15-23(27)30-16(2)24(28)25-21-10-6-8-17-7-4-5-9-20(17)21/h4-5,7,9,11-14,16,21H,3,6,8,10,15H2,1-2H3,(H,25,28)/t16-,21-/m1/s1. The number of hydrogen-bond acceptors (Lipinski definition) is 5. The highest BCUT2D eigenvalue weighted by Crippen LogP contribution is 2.29. The van der Waals surface area contributed by atoms with Crippen LogP contribution in [-0.4, -0.2) is 30.4 Å². The van der Waals surface area contributed by atoms with E-state index in [-0.39, 0.29) is 24.3 Å². The number of ether oxygens (including phenoxy) is 2. The molecule has 6 nitrogen and oxygen atoms in total. The van der Waals surface area contributed by atoms with E-state index in [1.807, 2.05) is 18.2 Å². The summed E-state index contributed by atoms with van der Waals surface area (Å²) < 4.78 is 10.6. The van der Waals surface area contributed by atoms with E-state index in [1.165, 1.54) is 5.56 Å². The van der Waals surface area contributed by atoms with Gasteiger partial charge in [0.25, 0.3) is 5.91 Å². The molecule has 0 unspecified atom stereocenters. The molecule has 2 aromatic carbocycles. The first-order valence-corrected chi connectivity index (χ1v) is 10.3. The van der Waals surface area contributed by atoms with Crippen LogP contribution in [0.15, 0.2) is 48.5 Å². The van der Waals surface area contributed by atoms with Gasteiger partial charge in [0.15, 0.2) is 18.5 Å². The second-order valence-corrected chi connectivity index (χ2v) is 7.37. The van der Waals surface area contributed by atoms with E-state index in [0.717, 1.165) is 24.8 Å². The summed E-state index contributed by atoms with van der Waals surface area (Å²) in [4.78, 5) is 36.2. The molecule has 1 amide bonds. The van der Waals surface area contributed by atoms with Crippen molar-refractivity contribution in [3.05, 3.63) is 65.2 Å². The first-order chi connectivity index (χ1) is 14.5. The molecule has 158 valence electrons. The van der Waals surface area contributed by atoms with Crippen molar-refractivity contribution >= 4 is 17.7 Å². The molecule has 1 N–H and O–H groups in total. The fraction of sp³-hybridized carbons (Fsp3) is 0.375. The van der Waals surface area contributed by atoms with E-state index >= 15 is 0 Å². The van der Waals surface area contributed by atoms with Crippen molar-refractivity contribution in [1.29, 1.82) is 0 Å². The predicted molar refractivity (Wildman–Crippen MR) is 112 cm³/mol. The van der Waals surface area contributed by atoms with Crippen LogP contribution in [0.25, 0.3) is 0 Å². The molecule has 1 aliphatic rings. The van der Waals surface area contributed by atoms with Gasteiger partial charge in [0, 0.05) is 12.0 Å². The fourth-order valence-corrected chi connectivity index (χ4v) is 3.56. The number of aryl methyl sites for hydroxylation is 1. The summed E-state index contributed by atoms with van der Waals surface area (Å²) in [5.41, 5.74) is 2.98. The molecule has 2 aromatic rings. The van der Waals surface area contributed by atoms with Crippen LogP contribution in [0.5, 0.6) is 5.75 Å². The first-order valence-electron chi connectivity index (χ1n) is 10.3. The van der Waals surface area contributed by atoms with E-state index in [2.05, 4.69) is 11.4 Å². The zero-order valence-corrected chi connectivity index (χ0v) is 17.4. The predicted octanol–water partition coefficient (Wildman–Crippen LogP) is 3.78. The molecule has 0 aliphatic heterocycles. The molecule has 30 heavy (non-hydrogen) atoms. The van der Waals surface area contributed by atoms with E-state index in [9.17, 15) is 14.4 Å². The Balaban J connectivity index is 1.47. The van der Waals surface area contributed by atoms with E-state index in [1.54, 1.807) is 38.1 Å². The molecule has 0 saturated heterocycles. The molecule has 0 spiro atoms. The van der Waals surface area contributed by atoms with Crippen LogP contribution < -0.4 is 10.1 Å². The SMILES string of the molecule is CCC(=O)c1ccc(OCC(=O)O[C@H](C)C(=O)N[C@@H]2CCCc3ccccc32)cc1. The van der Waals surface area contributed by atoms with Crippen molar-refractivity contribution in [1.82, 2.24) is 5.32 Å². The molecule has 6 heteroatoms. The van der Waals surface area contributed by atoms with Crippen LogP contribution in [0.4, 0.5) is 0 Å². The number of ketones is 1. The maximum absolute atomic E-state index is 12.5. The lowest BCUT2D eigenvalue weighted by Gasteiger charge is -2.27. The Morgan fingerprint density at radius 3 is 2.57 bits per heavy atom. The monoisotopic (exact) mass is 409 g/mol. The fourth-order valence-electron chi connectivity index (χ4n) is 3.56. The Hall–Kier alpha value is -3.15. The summed E-state index contributed by atoms with van der Waals surface area (Å²) in [7, 11) is 0. The lowest BCUT2D eigenvalue weighted by molar-refractivity contribution is -0.156. The lowest BCUT2D eigenvalue weighted by atomic mass is 9.87. The number of esters is 1. The lowest BCUT2D eigenvalue weighted by Crippen LogP contribution is -2.39. The van der Waals surface area contributed by atoms with Gasteiger partial charge in [0.2, 0.25) is 0 Å². The molecule has 0 bridgehead atoms. The number of fused-ring (bicyclic) bond motifs is 1. The van der Waals surface area contributed by atoms with Crippen molar-refractivity contribution in [2.75, 3.05) is 6.61 Å². The van der Waals surface area contributed by atoms with Crippen LogP contribution in [0.2, 0.25) is 0 Å². The average Bonchev–Trinajstić information content (AvgIpc) is 2.77. The molecular weight excluding hydrogens is 382 g/mol. The summed E-state index contributed by atoms with van der Waals surface area (Å²) in [5.74, 6) is -0.459. The average molecular weight is 409 g/mol. The van der Waals surface area contributed by atoms with Crippen molar-refractivity contribution in [2.45, 2.75) is 51.7 Å². The van der Waals surface area contributed by atoms with Crippen molar-refractivity contribution < 1.29 is 23.9 Å². The van der Waals surface area contributed by atoms with Gasteiger partial charge in [0.05, 0.1) is 6.04 Å². The third-order valence-corrected chi connectivity index (χ3v) is 5.22. The maximum Gasteiger partial charge on any atom is 0.344 e. The highest BCUT2D eigenvalue weighted by atomic mass is 16.6. The van der Waals surface area contributed by atoms with Gasteiger partial charge in [-0.15, -0.1) is 0 Å². The Labute approximate surface area is 176 Å². The van der Waals surface area contributed by atoms with E-state index in [4.69, 9.17) is 9.47 Å². The molecule has 0 aromatic heterocycles. The van der Waals surface area contributed by atoms with Gasteiger partial charge in [0.1, 0.15) is 5.75 Å². The Morgan fingerprint density at radius 2 is 1.83 bits per heavy atom. The number of nitrogens with one attached hydrogen (secondary N) is 1. The highest BCUT2D eigenvalue weighted by Gasteiger charge is 2.25. The number of benzene rings is 2. The third-order valence-electron chi connectivity index (χ3n) is 5.22. The summed E-state index contributed by atoms with van der Waals surface area (Å²) in [6, 6.07) is 14.6. The molecular formula is C24H27NO5. The number of amides is 1. The van der Waals surface area contributed by atoms with Gasteiger partial charge in [-0.25, -0.2) is 4.79 Å². The van der Waals surface area contributed by atoms with Crippen molar-refractivity contribution in [3.8, 4) is 5.75 Å². The minimum Gasteiger partial charge on any atom is -0.482 e. The topological polar surface area (TPSA) is 81.7 Å². The summed E-state index contributed by atoms with van der Waals surface area (Å²) in [6.45, 7) is 3.03. The maximum atomic E-state index is 12.5. The minimum absolute atomic E-state index is 0.0430. The molecule has 1 aliphatic carbocycles. The van der Waals surface area contributed by atoms with Crippen molar-refractivity contribution in [2.24, 2.45) is 0 Å². The summed E-state index contributed by atoms with van der Waals surface area (Å²) in [5, 5.41) is 2.99. The third kappa shape index (κ3) is 5.47. The zero-order chi connectivity index (χ0) is 21.5. The van der Waals surface area contributed by atoms with E-state index < -0.39 is 12.1 Å². The quantitative estimate of drug-likeness (QED) is 0.530. The number of hydrogen-bond donors (Lipinski definition) is 1. The van der Waals surface area contributed by atoms with Crippen LogP contribution in [0.3, 0.4) is 0 Å². The summed E-state index contributed by atoms with van der Waals surface area (Å²) in [6.07, 6.45) is 2.40.